The van der Waals surface area contributed by atoms with Gasteiger partial charge in [0, 0.05) is 33.7 Å². The van der Waals surface area contributed by atoms with Crippen molar-refractivity contribution >= 4 is 38.3 Å². The molecule has 0 N–H and O–H groups in total. The van der Waals surface area contributed by atoms with Crippen molar-refractivity contribution in [2.24, 2.45) is 5.41 Å². The SMILES string of the molecule is Cc1c(C2=[N+](C)C=CC3c4ccc(-n5c6ccccc6c6ccc(CC(C)(C)C)cc65)cc4OC23)cc(C(C)(C)C)c2ccccc12. The van der Waals surface area contributed by atoms with Crippen molar-refractivity contribution in [1.82, 2.24) is 4.57 Å². The molecule has 1 aromatic heterocycles. The van der Waals surface area contributed by atoms with Crippen LogP contribution >= 0.6 is 0 Å². The summed E-state index contributed by atoms with van der Waals surface area (Å²) in [6.45, 7) is 16.1. The number of nitrogens with zero attached hydrogens (tertiary/aromatic N) is 2. The molecule has 0 saturated heterocycles. The summed E-state index contributed by atoms with van der Waals surface area (Å²) in [6.07, 6.45) is 5.49. The second-order valence-corrected chi connectivity index (χ2v) is 16.0. The Morgan fingerprint density at radius 1 is 0.745 bits per heavy atom. The standard InChI is InChI=1S/C44H45N2O/c1-27-30-13-9-10-14-31(30)37(44(5,6)7)25-36(27)41-42-35(21-22-45(41)8)34-20-18-29(24-40(34)47-42)46-38-16-12-11-15-32(38)33-19-17-28(23-39(33)46)26-43(2,3)4/h9-25,35,42H,26H2,1-8H3/q+1. The van der Waals surface area contributed by atoms with Crippen LogP contribution in [0, 0.1) is 12.3 Å². The van der Waals surface area contributed by atoms with Gasteiger partial charge in [-0.2, -0.15) is 0 Å². The van der Waals surface area contributed by atoms with Crippen LogP contribution in [0.2, 0.25) is 0 Å². The number of rotatable bonds is 3. The second kappa shape index (κ2) is 10.4. The van der Waals surface area contributed by atoms with E-state index in [9.17, 15) is 0 Å². The molecule has 3 heterocycles. The maximum Gasteiger partial charge on any atom is 0.230 e. The highest BCUT2D eigenvalue weighted by atomic mass is 16.5. The number of fused-ring (bicyclic) bond motifs is 7. The van der Waals surface area contributed by atoms with E-state index in [1.165, 1.54) is 66.1 Å². The molecular weight excluding hydrogens is 572 g/mol. The fourth-order valence-corrected chi connectivity index (χ4v) is 8.11. The van der Waals surface area contributed by atoms with Crippen LogP contribution in [0.25, 0.3) is 38.3 Å². The van der Waals surface area contributed by atoms with Crippen molar-refractivity contribution in [2.45, 2.75) is 72.3 Å². The molecule has 2 atom stereocenters. The predicted molar refractivity (Wildman–Crippen MR) is 198 cm³/mol. The first kappa shape index (κ1) is 29.8. The summed E-state index contributed by atoms with van der Waals surface area (Å²) in [5, 5.41) is 5.22. The number of ether oxygens (including phenoxy) is 1. The third-order valence-corrected chi connectivity index (χ3v) is 10.2. The summed E-state index contributed by atoms with van der Waals surface area (Å²) < 4.78 is 11.8. The predicted octanol–water partition coefficient (Wildman–Crippen LogP) is 10.6. The van der Waals surface area contributed by atoms with Gasteiger partial charge in [0.25, 0.3) is 0 Å². The van der Waals surface area contributed by atoms with Crippen LogP contribution in [-0.4, -0.2) is 28.0 Å². The Kier molecular flexibility index (Phi) is 6.61. The van der Waals surface area contributed by atoms with Crippen LogP contribution in [0.15, 0.2) is 103 Å². The van der Waals surface area contributed by atoms with Gasteiger partial charge < -0.3 is 9.30 Å². The van der Waals surface area contributed by atoms with Gasteiger partial charge in [-0.15, -0.1) is 0 Å². The zero-order valence-corrected chi connectivity index (χ0v) is 29.0. The smallest absolute Gasteiger partial charge is 0.230 e. The van der Waals surface area contributed by atoms with E-state index in [1.54, 1.807) is 0 Å². The molecule has 47 heavy (non-hydrogen) atoms. The van der Waals surface area contributed by atoms with Crippen LogP contribution in [0.4, 0.5) is 0 Å². The third-order valence-electron chi connectivity index (χ3n) is 10.2. The Morgan fingerprint density at radius 3 is 2.19 bits per heavy atom. The highest BCUT2D eigenvalue weighted by Gasteiger charge is 2.44. The van der Waals surface area contributed by atoms with Gasteiger partial charge in [0.1, 0.15) is 12.8 Å². The summed E-state index contributed by atoms with van der Waals surface area (Å²) in [7, 11) is 2.17. The zero-order chi connectivity index (χ0) is 32.8. The van der Waals surface area contributed by atoms with Crippen molar-refractivity contribution in [3.8, 4) is 11.4 Å². The topological polar surface area (TPSA) is 17.2 Å². The molecule has 3 heteroatoms. The highest BCUT2D eigenvalue weighted by Crippen LogP contribution is 2.45. The maximum atomic E-state index is 7.05. The molecule has 2 aliphatic heterocycles. The van der Waals surface area contributed by atoms with Crippen LogP contribution in [0.1, 0.15) is 75.3 Å². The van der Waals surface area contributed by atoms with E-state index in [1.807, 2.05) is 0 Å². The van der Waals surface area contributed by atoms with Crippen LogP contribution < -0.4 is 4.74 Å². The molecule has 0 radical (unpaired) electrons. The molecule has 6 aromatic rings. The Morgan fingerprint density at radius 2 is 1.45 bits per heavy atom. The lowest BCUT2D eigenvalue weighted by Crippen LogP contribution is -2.38. The minimum absolute atomic E-state index is 0.00848. The fraction of sp³-hybridized carbons (Fsp3) is 0.295. The first-order valence-corrected chi connectivity index (χ1v) is 17.0. The van der Waals surface area contributed by atoms with Gasteiger partial charge in [0.15, 0.2) is 12.3 Å². The van der Waals surface area contributed by atoms with Gasteiger partial charge in [-0.05, 0) is 82.0 Å². The summed E-state index contributed by atoms with van der Waals surface area (Å²) >= 11 is 0. The molecule has 236 valence electrons. The van der Waals surface area contributed by atoms with E-state index in [0.29, 0.717) is 0 Å². The Labute approximate surface area is 278 Å². The fourth-order valence-electron chi connectivity index (χ4n) is 8.11. The molecular formula is C44H45N2O+. The van der Waals surface area contributed by atoms with E-state index in [4.69, 9.17) is 4.74 Å². The maximum absolute atomic E-state index is 7.05. The highest BCUT2D eigenvalue weighted by molar-refractivity contribution is 6.10. The number of aryl methyl sites for hydroxylation is 1. The number of aromatic nitrogens is 1. The lowest BCUT2D eigenvalue weighted by Gasteiger charge is -2.26. The molecule has 0 spiro atoms. The minimum Gasteiger partial charge on any atom is -0.478 e. The van der Waals surface area contributed by atoms with E-state index in [0.717, 1.165) is 17.9 Å². The van der Waals surface area contributed by atoms with Gasteiger partial charge in [0.05, 0.1) is 17.0 Å². The van der Waals surface area contributed by atoms with E-state index in [2.05, 4.69) is 168 Å². The van der Waals surface area contributed by atoms with Crippen molar-refractivity contribution in [2.75, 3.05) is 7.05 Å². The molecule has 2 unspecified atom stereocenters. The Balaban J connectivity index is 1.26. The van der Waals surface area contributed by atoms with Crippen molar-refractivity contribution in [1.29, 1.82) is 0 Å². The first-order valence-electron chi connectivity index (χ1n) is 17.0. The molecule has 0 bridgehead atoms. The summed E-state index contributed by atoms with van der Waals surface area (Å²) in [4.78, 5) is 0. The van der Waals surface area contributed by atoms with E-state index >= 15 is 0 Å². The molecule has 0 amide bonds. The number of benzene rings is 5. The van der Waals surface area contributed by atoms with Gasteiger partial charge in [-0.25, -0.2) is 4.58 Å². The van der Waals surface area contributed by atoms with Crippen molar-refractivity contribution in [3.05, 3.63) is 131 Å². The van der Waals surface area contributed by atoms with E-state index in [-0.39, 0.29) is 22.9 Å². The monoisotopic (exact) mass is 617 g/mol. The Hall–Kier alpha value is -4.63. The second-order valence-electron chi connectivity index (χ2n) is 16.0. The molecule has 3 nitrogen and oxygen atoms in total. The number of hydrogen-bond acceptors (Lipinski definition) is 1. The molecule has 2 aliphatic rings. The molecule has 0 saturated carbocycles. The Bertz CT molecular complexity index is 2300. The van der Waals surface area contributed by atoms with Gasteiger partial charge in [-0.3, -0.25) is 0 Å². The van der Waals surface area contributed by atoms with Crippen LogP contribution in [0.5, 0.6) is 5.75 Å². The summed E-state index contributed by atoms with van der Waals surface area (Å²) in [6, 6.07) is 34.0. The molecule has 5 aromatic carbocycles. The molecule has 0 fully saturated rings. The van der Waals surface area contributed by atoms with Gasteiger partial charge in [0.2, 0.25) is 5.71 Å². The third kappa shape index (κ3) is 4.82. The lowest BCUT2D eigenvalue weighted by atomic mass is 9.79. The zero-order valence-electron chi connectivity index (χ0n) is 29.0. The van der Waals surface area contributed by atoms with Crippen LogP contribution in [0.3, 0.4) is 0 Å². The average molecular weight is 618 g/mol. The number of para-hydroxylation sites is 1. The van der Waals surface area contributed by atoms with Crippen molar-refractivity contribution < 1.29 is 9.31 Å². The van der Waals surface area contributed by atoms with Crippen molar-refractivity contribution in [3.63, 3.8) is 0 Å². The van der Waals surface area contributed by atoms with Gasteiger partial charge >= 0.3 is 0 Å². The quantitative estimate of drug-likeness (QED) is 0.181. The minimum atomic E-state index is -0.0977. The summed E-state index contributed by atoms with van der Waals surface area (Å²) in [5.41, 5.74) is 11.6. The number of hydrogen-bond donors (Lipinski definition) is 0. The molecule has 0 aliphatic carbocycles. The summed E-state index contributed by atoms with van der Waals surface area (Å²) in [5.74, 6) is 1.13. The van der Waals surface area contributed by atoms with E-state index < -0.39 is 0 Å². The molecule has 8 rings (SSSR count). The largest absolute Gasteiger partial charge is 0.478 e. The lowest BCUT2D eigenvalue weighted by molar-refractivity contribution is -0.427. The van der Waals surface area contributed by atoms with Crippen LogP contribution in [-0.2, 0) is 11.8 Å². The first-order chi connectivity index (χ1) is 22.4. The van der Waals surface area contributed by atoms with Gasteiger partial charge in [-0.1, -0.05) is 102 Å². The average Bonchev–Trinajstić information content (AvgIpc) is 3.55. The normalized spacial score (nSPS) is 17.9.